The average molecular weight is 290 g/mol. The van der Waals surface area contributed by atoms with Crippen LogP contribution in [0.2, 0.25) is 0 Å². The maximum absolute atomic E-state index is 13.0. The summed E-state index contributed by atoms with van der Waals surface area (Å²) < 4.78 is 18.5. The van der Waals surface area contributed by atoms with Crippen molar-refractivity contribution in [3.05, 3.63) is 41.0 Å². The molecule has 1 heterocycles. The summed E-state index contributed by atoms with van der Waals surface area (Å²) in [5.41, 5.74) is 2.07. The van der Waals surface area contributed by atoms with E-state index < -0.39 is 0 Å². The largest absolute Gasteiger partial charge is 0.407 e. The molecule has 0 bridgehead atoms. The van der Waals surface area contributed by atoms with Gasteiger partial charge in [0.25, 0.3) is 0 Å². The van der Waals surface area contributed by atoms with Gasteiger partial charge in [-0.15, -0.1) is 5.10 Å². The number of hydrogen-bond acceptors (Lipinski definition) is 5. The van der Waals surface area contributed by atoms with Crippen molar-refractivity contribution in [2.45, 2.75) is 38.8 Å². The van der Waals surface area contributed by atoms with E-state index in [1.54, 1.807) is 6.07 Å². The Morgan fingerprint density at radius 3 is 2.95 bits per heavy atom. The molecule has 2 aromatic rings. The van der Waals surface area contributed by atoms with Crippen molar-refractivity contribution in [2.24, 2.45) is 0 Å². The zero-order chi connectivity index (χ0) is 14.7. The van der Waals surface area contributed by atoms with Crippen LogP contribution in [0.4, 0.5) is 10.4 Å². The summed E-state index contributed by atoms with van der Waals surface area (Å²) in [5, 5.41) is 14.4. The highest BCUT2D eigenvalue weighted by Gasteiger charge is 2.21. The molecule has 5 nitrogen and oxygen atoms in total. The quantitative estimate of drug-likeness (QED) is 0.820. The second kappa shape index (κ2) is 6.22. The standard InChI is InChI=1S/C15H19FN4O/c1-10-8-12(16)3-2-11(10)6-7-17-15-20-19-14(21-15)9-18-13-4-5-13/h2-3,8,13,18H,4-7,9H2,1H3,(H,17,20). The van der Waals surface area contributed by atoms with Crippen LogP contribution in [0.15, 0.2) is 22.6 Å². The van der Waals surface area contributed by atoms with Gasteiger partial charge in [-0.3, -0.25) is 0 Å². The van der Waals surface area contributed by atoms with Crippen molar-refractivity contribution in [3.8, 4) is 0 Å². The molecule has 0 atom stereocenters. The van der Waals surface area contributed by atoms with E-state index in [1.807, 2.05) is 13.0 Å². The van der Waals surface area contributed by atoms with Crippen LogP contribution in [-0.4, -0.2) is 22.8 Å². The van der Waals surface area contributed by atoms with Gasteiger partial charge in [0.15, 0.2) is 0 Å². The number of hydrogen-bond donors (Lipinski definition) is 2. The van der Waals surface area contributed by atoms with Crippen LogP contribution >= 0.6 is 0 Å². The number of nitrogens with one attached hydrogen (secondary N) is 2. The number of aromatic nitrogens is 2. The van der Waals surface area contributed by atoms with E-state index in [2.05, 4.69) is 20.8 Å². The van der Waals surface area contributed by atoms with Gasteiger partial charge in [-0.1, -0.05) is 11.2 Å². The van der Waals surface area contributed by atoms with Crippen molar-refractivity contribution >= 4 is 6.01 Å². The molecule has 3 rings (SSSR count). The number of aryl methyl sites for hydroxylation is 1. The van der Waals surface area contributed by atoms with Crippen LogP contribution in [0, 0.1) is 12.7 Å². The molecule has 0 aliphatic heterocycles. The van der Waals surface area contributed by atoms with E-state index in [4.69, 9.17) is 4.42 Å². The van der Waals surface area contributed by atoms with E-state index in [9.17, 15) is 4.39 Å². The fourth-order valence-electron chi connectivity index (χ4n) is 2.16. The Balaban J connectivity index is 1.46. The third-order valence-electron chi connectivity index (χ3n) is 3.56. The summed E-state index contributed by atoms with van der Waals surface area (Å²) in [7, 11) is 0. The van der Waals surface area contributed by atoms with E-state index in [1.165, 1.54) is 18.9 Å². The molecular weight excluding hydrogens is 271 g/mol. The lowest BCUT2D eigenvalue weighted by Gasteiger charge is -2.05. The van der Waals surface area contributed by atoms with Crippen LogP contribution in [0.5, 0.6) is 0 Å². The van der Waals surface area contributed by atoms with Crippen molar-refractivity contribution in [3.63, 3.8) is 0 Å². The first-order valence-corrected chi connectivity index (χ1v) is 7.25. The van der Waals surface area contributed by atoms with Crippen LogP contribution in [0.1, 0.15) is 29.9 Å². The first kappa shape index (κ1) is 14.0. The molecule has 1 fully saturated rings. The van der Waals surface area contributed by atoms with Crippen LogP contribution in [0.3, 0.4) is 0 Å². The molecule has 6 heteroatoms. The van der Waals surface area contributed by atoms with E-state index >= 15 is 0 Å². The summed E-state index contributed by atoms with van der Waals surface area (Å²) in [4.78, 5) is 0. The fourth-order valence-corrected chi connectivity index (χ4v) is 2.16. The van der Waals surface area contributed by atoms with Gasteiger partial charge in [0.1, 0.15) is 5.82 Å². The molecule has 1 aromatic heterocycles. The zero-order valence-electron chi connectivity index (χ0n) is 12.0. The third-order valence-corrected chi connectivity index (χ3v) is 3.56. The van der Waals surface area contributed by atoms with Gasteiger partial charge < -0.3 is 15.1 Å². The molecule has 1 aliphatic rings. The monoisotopic (exact) mass is 290 g/mol. The Hall–Kier alpha value is -1.95. The van der Waals surface area contributed by atoms with Crippen molar-refractivity contribution < 1.29 is 8.81 Å². The molecule has 0 spiro atoms. The lowest BCUT2D eigenvalue weighted by atomic mass is 10.1. The average Bonchev–Trinajstić information content (AvgIpc) is 3.18. The van der Waals surface area contributed by atoms with Gasteiger partial charge in [-0.25, -0.2) is 4.39 Å². The second-order valence-electron chi connectivity index (χ2n) is 5.40. The Bertz CT molecular complexity index is 609. The number of halogens is 1. The Morgan fingerprint density at radius 2 is 2.19 bits per heavy atom. The number of nitrogens with zero attached hydrogens (tertiary/aromatic N) is 2. The molecule has 1 aromatic carbocycles. The van der Waals surface area contributed by atoms with Gasteiger partial charge in [0, 0.05) is 12.6 Å². The van der Waals surface area contributed by atoms with Crippen molar-refractivity contribution in [2.75, 3.05) is 11.9 Å². The summed E-state index contributed by atoms with van der Waals surface area (Å²) >= 11 is 0. The topological polar surface area (TPSA) is 63.0 Å². The highest BCUT2D eigenvalue weighted by Crippen LogP contribution is 2.19. The van der Waals surface area contributed by atoms with Gasteiger partial charge in [0.05, 0.1) is 6.54 Å². The number of anilines is 1. The van der Waals surface area contributed by atoms with Gasteiger partial charge in [-0.05, 0) is 49.4 Å². The molecule has 1 saturated carbocycles. The van der Waals surface area contributed by atoms with Crippen LogP contribution < -0.4 is 10.6 Å². The molecular formula is C15H19FN4O. The minimum atomic E-state index is -0.200. The maximum atomic E-state index is 13.0. The first-order valence-electron chi connectivity index (χ1n) is 7.25. The number of benzene rings is 1. The summed E-state index contributed by atoms with van der Waals surface area (Å²) in [6.45, 7) is 3.20. The van der Waals surface area contributed by atoms with E-state index in [0.29, 0.717) is 31.0 Å². The molecule has 2 N–H and O–H groups in total. The third kappa shape index (κ3) is 4.01. The molecule has 0 unspecified atom stereocenters. The minimum absolute atomic E-state index is 0.200. The first-order chi connectivity index (χ1) is 10.2. The molecule has 1 aliphatic carbocycles. The SMILES string of the molecule is Cc1cc(F)ccc1CCNc1nnc(CNC2CC2)o1. The lowest BCUT2D eigenvalue weighted by Crippen LogP contribution is -2.15. The summed E-state index contributed by atoms with van der Waals surface area (Å²) in [5.74, 6) is 0.399. The smallest absolute Gasteiger partial charge is 0.315 e. The van der Waals surface area contributed by atoms with Crippen LogP contribution in [0.25, 0.3) is 0 Å². The van der Waals surface area contributed by atoms with Crippen molar-refractivity contribution in [1.29, 1.82) is 0 Å². The Kier molecular flexibility index (Phi) is 4.15. The predicted molar refractivity (Wildman–Crippen MR) is 77.5 cm³/mol. The Labute approximate surface area is 123 Å². The normalized spacial score (nSPS) is 14.4. The highest BCUT2D eigenvalue weighted by molar-refractivity contribution is 5.28. The molecule has 0 radical (unpaired) electrons. The molecule has 21 heavy (non-hydrogen) atoms. The van der Waals surface area contributed by atoms with Crippen molar-refractivity contribution in [1.82, 2.24) is 15.5 Å². The number of rotatable bonds is 7. The van der Waals surface area contributed by atoms with Gasteiger partial charge in [0.2, 0.25) is 5.89 Å². The fraction of sp³-hybridized carbons (Fsp3) is 0.467. The van der Waals surface area contributed by atoms with E-state index in [-0.39, 0.29) is 5.82 Å². The van der Waals surface area contributed by atoms with E-state index in [0.717, 1.165) is 17.5 Å². The van der Waals surface area contributed by atoms with Crippen LogP contribution in [-0.2, 0) is 13.0 Å². The van der Waals surface area contributed by atoms with Gasteiger partial charge in [-0.2, -0.15) is 0 Å². The molecule has 0 saturated heterocycles. The molecule has 0 amide bonds. The predicted octanol–water partition coefficient (Wildman–Crippen LogP) is 2.42. The lowest BCUT2D eigenvalue weighted by molar-refractivity contribution is 0.476. The maximum Gasteiger partial charge on any atom is 0.315 e. The summed E-state index contributed by atoms with van der Waals surface area (Å²) in [6.07, 6.45) is 3.25. The van der Waals surface area contributed by atoms with Gasteiger partial charge >= 0.3 is 6.01 Å². The molecule has 112 valence electrons. The Morgan fingerprint density at radius 1 is 1.33 bits per heavy atom. The summed E-state index contributed by atoms with van der Waals surface area (Å²) in [6, 6.07) is 5.89. The minimum Gasteiger partial charge on any atom is -0.407 e. The second-order valence-corrected chi connectivity index (χ2v) is 5.40. The zero-order valence-corrected chi connectivity index (χ0v) is 12.0. The highest BCUT2D eigenvalue weighted by atomic mass is 19.1.